The van der Waals surface area contributed by atoms with E-state index in [1.165, 1.54) is 89.5 Å². The molecule has 0 bridgehead atoms. The van der Waals surface area contributed by atoms with Crippen LogP contribution in [0.3, 0.4) is 0 Å². The van der Waals surface area contributed by atoms with Crippen molar-refractivity contribution < 1.29 is 9.90 Å². The molecule has 0 saturated heterocycles. The Kier molecular flexibility index (Phi) is 17.5. The van der Waals surface area contributed by atoms with Crippen LogP contribution in [0.2, 0.25) is 0 Å². The number of carboxylic acids is 1. The zero-order valence-corrected chi connectivity index (χ0v) is 16.1. The summed E-state index contributed by atoms with van der Waals surface area (Å²) in [5, 5.41) is 8.44. The number of rotatable bonds is 17. The zero-order valence-electron chi connectivity index (χ0n) is 16.1. The quantitative estimate of drug-likeness (QED) is 0.172. The molecule has 0 atom stereocenters. The van der Waals surface area contributed by atoms with E-state index in [0.29, 0.717) is 0 Å². The van der Waals surface area contributed by atoms with Crippen molar-refractivity contribution in [2.24, 2.45) is 5.92 Å². The van der Waals surface area contributed by atoms with Gasteiger partial charge in [-0.3, -0.25) is 0 Å². The second-order valence-corrected chi connectivity index (χ2v) is 7.34. The molecule has 0 radical (unpaired) electrons. The Labute approximate surface area is 150 Å². The summed E-state index contributed by atoms with van der Waals surface area (Å²) in [6.45, 7) is 4.63. The van der Waals surface area contributed by atoms with E-state index in [9.17, 15) is 4.79 Å². The Hall–Kier alpha value is -1.05. The molecule has 0 aliphatic heterocycles. The molecule has 0 heterocycles. The summed E-state index contributed by atoms with van der Waals surface area (Å²) in [5.74, 6) is -0.0134. The fourth-order valence-electron chi connectivity index (χ4n) is 2.90. The van der Waals surface area contributed by atoms with Crippen LogP contribution >= 0.6 is 0 Å². The lowest BCUT2D eigenvalue weighted by Crippen LogP contribution is -1.87. The van der Waals surface area contributed by atoms with Gasteiger partial charge < -0.3 is 5.11 Å². The smallest absolute Gasteiger partial charge is 0.328 e. The second kappa shape index (κ2) is 18.3. The molecular weight excluding hydrogens is 296 g/mol. The molecular formula is C22H40O2. The van der Waals surface area contributed by atoms with Crippen LogP contribution in [0, 0.1) is 5.92 Å². The number of hydrogen-bond acceptors (Lipinski definition) is 1. The normalized spacial score (nSPS) is 12.0. The molecule has 0 aromatic rings. The molecule has 2 nitrogen and oxygen atoms in total. The van der Waals surface area contributed by atoms with Crippen LogP contribution in [0.25, 0.3) is 0 Å². The average molecular weight is 337 g/mol. The molecule has 0 saturated carbocycles. The van der Waals surface area contributed by atoms with Gasteiger partial charge in [-0.2, -0.15) is 0 Å². The van der Waals surface area contributed by atoms with Crippen molar-refractivity contribution >= 4 is 5.97 Å². The lowest BCUT2D eigenvalue weighted by molar-refractivity contribution is -0.131. The predicted molar refractivity (Wildman–Crippen MR) is 105 cm³/mol. The highest BCUT2D eigenvalue weighted by molar-refractivity contribution is 5.80. The van der Waals surface area contributed by atoms with E-state index in [4.69, 9.17) is 5.11 Å². The van der Waals surface area contributed by atoms with Crippen LogP contribution in [0.15, 0.2) is 24.3 Å². The van der Waals surface area contributed by atoms with Crippen molar-refractivity contribution in [2.75, 3.05) is 0 Å². The summed E-state index contributed by atoms with van der Waals surface area (Å²) in [4.78, 5) is 10.3. The van der Waals surface area contributed by atoms with Crippen molar-refractivity contribution in [3.05, 3.63) is 24.3 Å². The van der Waals surface area contributed by atoms with Gasteiger partial charge in [-0.05, 0) is 18.8 Å². The maximum absolute atomic E-state index is 10.3. The summed E-state index contributed by atoms with van der Waals surface area (Å²) in [6, 6.07) is 0. The first kappa shape index (κ1) is 22.9. The van der Waals surface area contributed by atoms with Crippen LogP contribution in [-0.4, -0.2) is 11.1 Å². The second-order valence-electron chi connectivity index (χ2n) is 7.34. The van der Waals surface area contributed by atoms with Crippen LogP contribution in [0.4, 0.5) is 0 Å². The number of allylic oxidation sites excluding steroid dienone is 3. The molecule has 0 fully saturated rings. The Morgan fingerprint density at radius 1 is 0.750 bits per heavy atom. The van der Waals surface area contributed by atoms with Crippen molar-refractivity contribution in [2.45, 2.75) is 104 Å². The Morgan fingerprint density at radius 3 is 1.67 bits per heavy atom. The molecule has 2 heteroatoms. The number of unbranched alkanes of at least 4 members (excludes halogenated alkanes) is 12. The van der Waals surface area contributed by atoms with E-state index in [0.717, 1.165) is 12.3 Å². The SMILES string of the molecule is CC(C)CCCCCCCCCCCCCCC=CC=CC(=O)O. The van der Waals surface area contributed by atoms with E-state index in [-0.39, 0.29) is 0 Å². The summed E-state index contributed by atoms with van der Waals surface area (Å²) >= 11 is 0. The Morgan fingerprint density at radius 2 is 1.21 bits per heavy atom. The third-order valence-corrected chi connectivity index (χ3v) is 4.39. The molecule has 0 amide bonds. The molecule has 0 spiro atoms. The minimum absolute atomic E-state index is 0.870. The first-order valence-electron chi connectivity index (χ1n) is 10.2. The molecule has 140 valence electrons. The first-order chi connectivity index (χ1) is 11.6. The van der Waals surface area contributed by atoms with Crippen molar-refractivity contribution in [1.29, 1.82) is 0 Å². The molecule has 1 N–H and O–H groups in total. The fraction of sp³-hybridized carbons (Fsp3) is 0.773. The predicted octanol–water partition coefficient (Wildman–Crippen LogP) is 7.30. The first-order valence-corrected chi connectivity index (χ1v) is 10.2. The van der Waals surface area contributed by atoms with E-state index in [1.807, 2.05) is 6.08 Å². The lowest BCUT2D eigenvalue weighted by atomic mass is 10.0. The summed E-state index contributed by atoms with van der Waals surface area (Å²) in [7, 11) is 0. The highest BCUT2D eigenvalue weighted by Gasteiger charge is 1.95. The largest absolute Gasteiger partial charge is 0.478 e. The van der Waals surface area contributed by atoms with Gasteiger partial charge >= 0.3 is 5.97 Å². The summed E-state index contributed by atoms with van der Waals surface area (Å²) in [5.41, 5.74) is 0. The molecule has 0 unspecified atom stereocenters. The van der Waals surface area contributed by atoms with Gasteiger partial charge in [0, 0.05) is 6.08 Å². The lowest BCUT2D eigenvalue weighted by Gasteiger charge is -2.04. The molecule has 0 aromatic heterocycles. The van der Waals surface area contributed by atoms with Gasteiger partial charge in [0.15, 0.2) is 0 Å². The summed E-state index contributed by atoms with van der Waals surface area (Å²) in [6.07, 6.45) is 25.7. The van der Waals surface area contributed by atoms with Gasteiger partial charge in [-0.25, -0.2) is 4.79 Å². The molecule has 0 rings (SSSR count). The Bertz CT molecular complexity index is 329. The van der Waals surface area contributed by atoms with E-state index in [1.54, 1.807) is 6.08 Å². The van der Waals surface area contributed by atoms with Crippen LogP contribution in [0.1, 0.15) is 104 Å². The fourth-order valence-corrected chi connectivity index (χ4v) is 2.90. The third kappa shape index (κ3) is 20.9. The maximum atomic E-state index is 10.3. The van der Waals surface area contributed by atoms with Gasteiger partial charge in [-0.1, -0.05) is 109 Å². The third-order valence-electron chi connectivity index (χ3n) is 4.39. The molecule has 24 heavy (non-hydrogen) atoms. The highest BCUT2D eigenvalue weighted by atomic mass is 16.4. The molecule has 0 aliphatic rings. The van der Waals surface area contributed by atoms with Crippen LogP contribution < -0.4 is 0 Å². The number of hydrogen-bond donors (Lipinski definition) is 1. The van der Waals surface area contributed by atoms with E-state index >= 15 is 0 Å². The van der Waals surface area contributed by atoms with Gasteiger partial charge in [-0.15, -0.1) is 0 Å². The van der Waals surface area contributed by atoms with Crippen molar-refractivity contribution in [1.82, 2.24) is 0 Å². The topological polar surface area (TPSA) is 37.3 Å². The number of carboxylic acid groups (broad SMARTS) is 1. The Balaban J connectivity index is 3.11. The average Bonchev–Trinajstić information content (AvgIpc) is 2.53. The minimum atomic E-state index is -0.884. The van der Waals surface area contributed by atoms with Gasteiger partial charge in [0.1, 0.15) is 0 Å². The standard InChI is InChI=1S/C22H40O2/c1-21(2)19-17-15-13-11-9-7-5-3-4-6-8-10-12-14-16-18-20-22(23)24/h14,16,18,20-21H,3-13,15,17,19H2,1-2H3,(H,23,24). The van der Waals surface area contributed by atoms with Crippen molar-refractivity contribution in [3.8, 4) is 0 Å². The van der Waals surface area contributed by atoms with Crippen LogP contribution in [-0.2, 0) is 4.79 Å². The molecule has 0 aromatic carbocycles. The van der Waals surface area contributed by atoms with E-state index < -0.39 is 5.97 Å². The zero-order chi connectivity index (χ0) is 17.9. The highest BCUT2D eigenvalue weighted by Crippen LogP contribution is 2.14. The summed E-state index contributed by atoms with van der Waals surface area (Å²) < 4.78 is 0. The van der Waals surface area contributed by atoms with Crippen LogP contribution in [0.5, 0.6) is 0 Å². The van der Waals surface area contributed by atoms with E-state index in [2.05, 4.69) is 19.9 Å². The maximum Gasteiger partial charge on any atom is 0.328 e. The monoisotopic (exact) mass is 336 g/mol. The van der Waals surface area contributed by atoms with Gasteiger partial charge in [0.05, 0.1) is 0 Å². The van der Waals surface area contributed by atoms with Crippen molar-refractivity contribution in [3.63, 3.8) is 0 Å². The van der Waals surface area contributed by atoms with Gasteiger partial charge in [0.25, 0.3) is 0 Å². The molecule has 0 aliphatic carbocycles. The number of aliphatic carboxylic acids is 1. The number of carbonyl (C=O) groups is 1. The van der Waals surface area contributed by atoms with Gasteiger partial charge in [0.2, 0.25) is 0 Å². The minimum Gasteiger partial charge on any atom is -0.478 e.